The lowest BCUT2D eigenvalue weighted by atomic mass is 10.0. The molecule has 4 nitrogen and oxygen atoms in total. The van der Waals surface area contributed by atoms with Crippen molar-refractivity contribution in [3.8, 4) is 0 Å². The molecule has 1 aromatic carbocycles. The fourth-order valence-corrected chi connectivity index (χ4v) is 1.85. The average molecular weight is 231 g/mol. The Hall–Kier alpha value is -2.10. The van der Waals surface area contributed by atoms with E-state index < -0.39 is 5.97 Å². The molecule has 88 valence electrons. The van der Waals surface area contributed by atoms with E-state index in [0.717, 1.165) is 16.5 Å². The zero-order valence-electron chi connectivity index (χ0n) is 9.96. The Balaban J connectivity index is 2.82. The van der Waals surface area contributed by atoms with E-state index in [1.54, 1.807) is 6.07 Å². The molecule has 0 aliphatic carbocycles. The lowest BCUT2D eigenvalue weighted by Gasteiger charge is -2.06. The van der Waals surface area contributed by atoms with Gasteiger partial charge in [0, 0.05) is 0 Å². The molecule has 1 heterocycles. The molecule has 1 aromatic heterocycles. The van der Waals surface area contributed by atoms with Crippen molar-refractivity contribution in [2.75, 3.05) is 7.11 Å². The van der Waals surface area contributed by atoms with Crippen LogP contribution in [0.2, 0.25) is 0 Å². The van der Waals surface area contributed by atoms with Crippen LogP contribution in [0, 0.1) is 13.8 Å². The van der Waals surface area contributed by atoms with Gasteiger partial charge in [-0.05, 0) is 36.4 Å². The fourth-order valence-electron chi connectivity index (χ4n) is 1.85. The van der Waals surface area contributed by atoms with Crippen LogP contribution < -0.4 is 5.56 Å². The normalized spacial score (nSPS) is 10.5. The van der Waals surface area contributed by atoms with Crippen LogP contribution in [0.15, 0.2) is 23.0 Å². The van der Waals surface area contributed by atoms with E-state index in [1.807, 2.05) is 26.0 Å². The fraction of sp³-hybridized carbons (Fsp3) is 0.231. The Labute approximate surface area is 98.2 Å². The highest BCUT2D eigenvalue weighted by atomic mass is 16.5. The minimum Gasteiger partial charge on any atom is -0.464 e. The van der Waals surface area contributed by atoms with Crippen LogP contribution in [0.1, 0.15) is 21.6 Å². The minimum atomic E-state index is -0.540. The predicted molar refractivity (Wildman–Crippen MR) is 65.4 cm³/mol. The number of aromatic nitrogens is 1. The summed E-state index contributed by atoms with van der Waals surface area (Å²) in [6.07, 6.45) is 0. The number of methoxy groups -OCH3 is 1. The summed E-state index contributed by atoms with van der Waals surface area (Å²) in [5.74, 6) is -0.540. The van der Waals surface area contributed by atoms with Gasteiger partial charge in [0.05, 0.1) is 12.5 Å². The molecule has 0 radical (unpaired) electrons. The highest BCUT2D eigenvalue weighted by molar-refractivity contribution is 5.94. The van der Waals surface area contributed by atoms with Crippen LogP contribution in [0.4, 0.5) is 0 Å². The van der Waals surface area contributed by atoms with Crippen LogP contribution in [-0.4, -0.2) is 18.1 Å². The Morgan fingerprint density at radius 2 is 2.00 bits per heavy atom. The van der Waals surface area contributed by atoms with Crippen molar-refractivity contribution in [1.29, 1.82) is 0 Å². The summed E-state index contributed by atoms with van der Waals surface area (Å²) in [5, 5.41) is 1.37. The maximum absolute atomic E-state index is 11.9. The summed E-state index contributed by atoms with van der Waals surface area (Å²) in [6, 6.07) is 5.40. The number of pyridine rings is 1. The third-order valence-electron chi connectivity index (χ3n) is 2.95. The number of ether oxygens (including phenoxy) is 1. The number of esters is 1. The summed E-state index contributed by atoms with van der Waals surface area (Å²) in [4.78, 5) is 25.8. The van der Waals surface area contributed by atoms with Gasteiger partial charge in [0.2, 0.25) is 0 Å². The summed E-state index contributed by atoms with van der Waals surface area (Å²) in [5.41, 5.74) is 1.89. The number of hydrogen-bond acceptors (Lipinski definition) is 3. The SMILES string of the molecule is COC(=O)c1cc2ccc(C)c(C)c2c(=O)[nH]1. The molecule has 0 atom stereocenters. The third-order valence-corrected chi connectivity index (χ3v) is 2.95. The number of fused-ring (bicyclic) bond motifs is 1. The Kier molecular flexibility index (Phi) is 2.71. The maximum atomic E-state index is 11.9. The highest BCUT2D eigenvalue weighted by Gasteiger charge is 2.11. The van der Waals surface area contributed by atoms with Gasteiger partial charge in [-0.2, -0.15) is 0 Å². The first-order valence-electron chi connectivity index (χ1n) is 5.26. The highest BCUT2D eigenvalue weighted by Crippen LogP contribution is 2.18. The van der Waals surface area contributed by atoms with Gasteiger partial charge in [0.25, 0.3) is 5.56 Å². The van der Waals surface area contributed by atoms with Gasteiger partial charge >= 0.3 is 5.97 Å². The van der Waals surface area contributed by atoms with Crippen LogP contribution >= 0.6 is 0 Å². The molecule has 2 rings (SSSR count). The van der Waals surface area contributed by atoms with Gasteiger partial charge in [-0.1, -0.05) is 12.1 Å². The van der Waals surface area contributed by atoms with Gasteiger partial charge in [0.15, 0.2) is 0 Å². The molecule has 0 saturated heterocycles. The molecule has 17 heavy (non-hydrogen) atoms. The molecule has 0 spiro atoms. The largest absolute Gasteiger partial charge is 0.464 e. The predicted octanol–water partition coefficient (Wildman–Crippen LogP) is 1.93. The zero-order valence-corrected chi connectivity index (χ0v) is 9.96. The quantitative estimate of drug-likeness (QED) is 0.763. The monoisotopic (exact) mass is 231 g/mol. The molecule has 0 fully saturated rings. The molecule has 1 N–H and O–H groups in total. The van der Waals surface area contributed by atoms with Crippen molar-refractivity contribution in [1.82, 2.24) is 4.98 Å². The van der Waals surface area contributed by atoms with E-state index >= 15 is 0 Å². The second-order valence-corrected chi connectivity index (χ2v) is 3.98. The molecule has 0 amide bonds. The van der Waals surface area contributed by atoms with Crippen molar-refractivity contribution in [2.24, 2.45) is 0 Å². The van der Waals surface area contributed by atoms with Gasteiger partial charge < -0.3 is 9.72 Å². The van der Waals surface area contributed by atoms with Crippen molar-refractivity contribution in [2.45, 2.75) is 13.8 Å². The number of aromatic amines is 1. The molecule has 0 bridgehead atoms. The van der Waals surface area contributed by atoms with E-state index in [2.05, 4.69) is 9.72 Å². The van der Waals surface area contributed by atoms with E-state index in [1.165, 1.54) is 7.11 Å². The first-order chi connectivity index (χ1) is 8.04. The van der Waals surface area contributed by atoms with Gasteiger partial charge in [-0.15, -0.1) is 0 Å². The molecule has 0 unspecified atom stereocenters. The Morgan fingerprint density at radius 1 is 1.29 bits per heavy atom. The average Bonchev–Trinajstić information content (AvgIpc) is 2.32. The lowest BCUT2D eigenvalue weighted by Crippen LogP contribution is -2.15. The van der Waals surface area contributed by atoms with Crippen LogP contribution in [0.5, 0.6) is 0 Å². The van der Waals surface area contributed by atoms with E-state index in [9.17, 15) is 9.59 Å². The first kappa shape index (κ1) is 11.4. The molecular weight excluding hydrogens is 218 g/mol. The number of hydrogen-bond donors (Lipinski definition) is 1. The standard InChI is InChI=1S/C13H13NO3/c1-7-4-5-9-6-10(13(16)17-3)14-12(15)11(9)8(7)2/h4-6H,1-3H3,(H,14,15). The number of H-pyrrole nitrogens is 1. The van der Waals surface area contributed by atoms with Gasteiger partial charge in [-0.3, -0.25) is 4.79 Å². The summed E-state index contributed by atoms with van der Waals surface area (Å²) >= 11 is 0. The van der Waals surface area contributed by atoms with Crippen molar-refractivity contribution in [3.63, 3.8) is 0 Å². The Bertz CT molecular complexity index is 655. The number of aryl methyl sites for hydroxylation is 2. The number of rotatable bonds is 1. The molecule has 4 heteroatoms. The van der Waals surface area contributed by atoms with Gasteiger partial charge in [0.1, 0.15) is 5.69 Å². The number of carbonyl (C=O) groups excluding carboxylic acids is 1. The number of carbonyl (C=O) groups is 1. The van der Waals surface area contributed by atoms with Crippen molar-refractivity contribution >= 4 is 16.7 Å². The maximum Gasteiger partial charge on any atom is 0.354 e. The summed E-state index contributed by atoms with van der Waals surface area (Å²) in [6.45, 7) is 3.84. The summed E-state index contributed by atoms with van der Waals surface area (Å²) in [7, 11) is 1.28. The summed E-state index contributed by atoms with van der Waals surface area (Å²) < 4.78 is 4.59. The second-order valence-electron chi connectivity index (χ2n) is 3.98. The lowest BCUT2D eigenvalue weighted by molar-refractivity contribution is 0.0594. The van der Waals surface area contributed by atoms with E-state index in [-0.39, 0.29) is 11.3 Å². The first-order valence-corrected chi connectivity index (χ1v) is 5.26. The second kappa shape index (κ2) is 4.05. The van der Waals surface area contributed by atoms with Crippen LogP contribution in [-0.2, 0) is 4.74 Å². The minimum absolute atomic E-state index is 0.174. The third kappa shape index (κ3) is 1.82. The number of nitrogens with one attached hydrogen (secondary N) is 1. The van der Waals surface area contributed by atoms with E-state index in [4.69, 9.17) is 0 Å². The smallest absolute Gasteiger partial charge is 0.354 e. The van der Waals surface area contributed by atoms with Crippen LogP contribution in [0.3, 0.4) is 0 Å². The van der Waals surface area contributed by atoms with E-state index in [0.29, 0.717) is 5.39 Å². The molecule has 0 aliphatic heterocycles. The Morgan fingerprint density at radius 3 is 2.65 bits per heavy atom. The molecular formula is C13H13NO3. The molecule has 2 aromatic rings. The zero-order chi connectivity index (χ0) is 12.6. The molecule has 0 aliphatic rings. The molecule has 0 saturated carbocycles. The topological polar surface area (TPSA) is 59.2 Å². The number of benzene rings is 1. The van der Waals surface area contributed by atoms with Crippen molar-refractivity contribution < 1.29 is 9.53 Å². The van der Waals surface area contributed by atoms with Crippen molar-refractivity contribution in [3.05, 3.63) is 45.4 Å². The van der Waals surface area contributed by atoms with Crippen LogP contribution in [0.25, 0.3) is 10.8 Å². The van der Waals surface area contributed by atoms with Gasteiger partial charge in [-0.25, -0.2) is 4.79 Å².